The van der Waals surface area contributed by atoms with Crippen molar-refractivity contribution in [3.63, 3.8) is 0 Å². The smallest absolute Gasteiger partial charge is 0.0795 e. The maximum Gasteiger partial charge on any atom is 0.0795 e. The van der Waals surface area contributed by atoms with E-state index in [0.29, 0.717) is 5.92 Å². The molecule has 0 saturated carbocycles. The summed E-state index contributed by atoms with van der Waals surface area (Å²) in [5, 5.41) is 10.2. The molecule has 1 N–H and O–H groups in total. The third kappa shape index (κ3) is 3.34. The van der Waals surface area contributed by atoms with E-state index in [1.165, 1.54) is 24.0 Å². The highest BCUT2D eigenvalue weighted by Gasteiger charge is 2.14. The summed E-state index contributed by atoms with van der Waals surface area (Å²) in [7, 11) is 0. The molecule has 0 radical (unpaired) electrons. The van der Waals surface area contributed by atoms with E-state index in [2.05, 4.69) is 33.8 Å². The summed E-state index contributed by atoms with van der Waals surface area (Å²) in [6.45, 7) is 8.61. The minimum Gasteiger partial charge on any atom is -0.388 e. The van der Waals surface area contributed by atoms with Crippen molar-refractivity contribution in [2.24, 2.45) is 5.92 Å². The molecule has 0 aromatic heterocycles. The standard InChI is InChI=1S/C15H24O/c1-5-7-11(2)10-15(16)14-9-6-8-12(3)13(14)4/h6,8-9,11,15-16H,5,7,10H2,1-4H3. The highest BCUT2D eigenvalue weighted by atomic mass is 16.3. The molecule has 0 bridgehead atoms. The summed E-state index contributed by atoms with van der Waals surface area (Å²) in [6, 6.07) is 6.18. The molecular weight excluding hydrogens is 196 g/mol. The molecule has 16 heavy (non-hydrogen) atoms. The van der Waals surface area contributed by atoms with E-state index in [-0.39, 0.29) is 6.10 Å². The SMILES string of the molecule is CCCC(C)CC(O)c1cccc(C)c1C. The lowest BCUT2D eigenvalue weighted by Gasteiger charge is -2.18. The molecule has 2 atom stereocenters. The van der Waals surface area contributed by atoms with E-state index in [1.54, 1.807) is 0 Å². The molecule has 1 aromatic rings. The summed E-state index contributed by atoms with van der Waals surface area (Å²) in [5.41, 5.74) is 3.60. The third-order valence-electron chi connectivity index (χ3n) is 3.41. The molecule has 0 aliphatic carbocycles. The zero-order valence-corrected chi connectivity index (χ0v) is 11.0. The van der Waals surface area contributed by atoms with Crippen molar-refractivity contribution in [3.05, 3.63) is 34.9 Å². The maximum atomic E-state index is 10.2. The third-order valence-corrected chi connectivity index (χ3v) is 3.41. The monoisotopic (exact) mass is 220 g/mol. The molecule has 1 rings (SSSR count). The van der Waals surface area contributed by atoms with Gasteiger partial charge in [-0.3, -0.25) is 0 Å². The fraction of sp³-hybridized carbons (Fsp3) is 0.600. The van der Waals surface area contributed by atoms with Crippen LogP contribution < -0.4 is 0 Å². The van der Waals surface area contributed by atoms with Crippen LogP contribution in [0, 0.1) is 19.8 Å². The number of aliphatic hydroxyl groups is 1. The largest absolute Gasteiger partial charge is 0.388 e. The lowest BCUT2D eigenvalue weighted by Crippen LogP contribution is -2.06. The van der Waals surface area contributed by atoms with E-state index in [0.717, 1.165) is 12.0 Å². The molecule has 90 valence electrons. The second kappa shape index (κ2) is 6.05. The molecule has 0 heterocycles. The van der Waals surface area contributed by atoms with Crippen LogP contribution in [0.2, 0.25) is 0 Å². The Labute approximate surface area is 99.5 Å². The zero-order valence-electron chi connectivity index (χ0n) is 11.0. The van der Waals surface area contributed by atoms with Crippen LogP contribution in [-0.2, 0) is 0 Å². The molecule has 0 saturated heterocycles. The van der Waals surface area contributed by atoms with Crippen LogP contribution in [0.3, 0.4) is 0 Å². The minimum atomic E-state index is -0.304. The maximum absolute atomic E-state index is 10.2. The number of benzene rings is 1. The summed E-state index contributed by atoms with van der Waals surface area (Å²) in [4.78, 5) is 0. The molecule has 1 aromatic carbocycles. The lowest BCUT2D eigenvalue weighted by atomic mass is 9.91. The molecule has 0 fully saturated rings. The first kappa shape index (κ1) is 13.2. The van der Waals surface area contributed by atoms with Gasteiger partial charge in [-0.05, 0) is 42.9 Å². The molecular formula is C15H24O. The zero-order chi connectivity index (χ0) is 12.1. The van der Waals surface area contributed by atoms with Crippen molar-refractivity contribution in [2.75, 3.05) is 0 Å². The van der Waals surface area contributed by atoms with Crippen LogP contribution in [0.4, 0.5) is 0 Å². The number of hydrogen-bond donors (Lipinski definition) is 1. The molecule has 1 nitrogen and oxygen atoms in total. The van der Waals surface area contributed by atoms with Crippen LogP contribution in [-0.4, -0.2) is 5.11 Å². The Morgan fingerprint density at radius 1 is 1.25 bits per heavy atom. The van der Waals surface area contributed by atoms with Gasteiger partial charge in [-0.1, -0.05) is 44.9 Å². The predicted octanol–water partition coefficient (Wildman–Crippen LogP) is 4.16. The molecule has 0 aliphatic heterocycles. The number of aryl methyl sites for hydroxylation is 1. The van der Waals surface area contributed by atoms with Gasteiger partial charge in [0.1, 0.15) is 0 Å². The van der Waals surface area contributed by atoms with Gasteiger partial charge in [-0.25, -0.2) is 0 Å². The van der Waals surface area contributed by atoms with Crippen molar-refractivity contribution in [1.82, 2.24) is 0 Å². The quantitative estimate of drug-likeness (QED) is 0.790. The van der Waals surface area contributed by atoms with Crippen LogP contribution in [0.15, 0.2) is 18.2 Å². The minimum absolute atomic E-state index is 0.304. The Balaban J connectivity index is 2.72. The molecule has 0 aliphatic rings. The number of hydrogen-bond acceptors (Lipinski definition) is 1. The van der Waals surface area contributed by atoms with Gasteiger partial charge in [0.05, 0.1) is 6.10 Å². The van der Waals surface area contributed by atoms with Crippen LogP contribution in [0.5, 0.6) is 0 Å². The molecule has 0 spiro atoms. The summed E-state index contributed by atoms with van der Waals surface area (Å²) in [5.74, 6) is 0.597. The Kier molecular flexibility index (Phi) is 5.01. The van der Waals surface area contributed by atoms with Gasteiger partial charge in [0.25, 0.3) is 0 Å². The molecule has 0 amide bonds. The van der Waals surface area contributed by atoms with E-state index in [4.69, 9.17) is 0 Å². The Hall–Kier alpha value is -0.820. The van der Waals surface area contributed by atoms with Gasteiger partial charge in [0.15, 0.2) is 0 Å². The highest BCUT2D eigenvalue weighted by molar-refractivity contribution is 5.34. The first-order valence-corrected chi connectivity index (χ1v) is 6.30. The fourth-order valence-electron chi connectivity index (χ4n) is 2.25. The fourth-order valence-corrected chi connectivity index (χ4v) is 2.25. The summed E-state index contributed by atoms with van der Waals surface area (Å²) < 4.78 is 0. The van der Waals surface area contributed by atoms with E-state index >= 15 is 0 Å². The van der Waals surface area contributed by atoms with Crippen molar-refractivity contribution in [1.29, 1.82) is 0 Å². The van der Waals surface area contributed by atoms with E-state index < -0.39 is 0 Å². The first-order valence-electron chi connectivity index (χ1n) is 6.30. The Bertz CT molecular complexity index is 330. The number of aliphatic hydroxyl groups excluding tert-OH is 1. The van der Waals surface area contributed by atoms with Crippen molar-refractivity contribution < 1.29 is 5.11 Å². The van der Waals surface area contributed by atoms with Crippen molar-refractivity contribution in [3.8, 4) is 0 Å². The van der Waals surface area contributed by atoms with Crippen LogP contribution in [0.25, 0.3) is 0 Å². The topological polar surface area (TPSA) is 20.2 Å². The highest BCUT2D eigenvalue weighted by Crippen LogP contribution is 2.27. The second-order valence-corrected chi connectivity index (χ2v) is 4.93. The second-order valence-electron chi connectivity index (χ2n) is 4.93. The van der Waals surface area contributed by atoms with E-state index in [9.17, 15) is 5.11 Å². The average molecular weight is 220 g/mol. The van der Waals surface area contributed by atoms with E-state index in [1.807, 2.05) is 12.1 Å². The van der Waals surface area contributed by atoms with Crippen LogP contribution in [0.1, 0.15) is 55.9 Å². The van der Waals surface area contributed by atoms with Gasteiger partial charge in [0.2, 0.25) is 0 Å². The van der Waals surface area contributed by atoms with Crippen LogP contribution >= 0.6 is 0 Å². The van der Waals surface area contributed by atoms with Gasteiger partial charge >= 0.3 is 0 Å². The van der Waals surface area contributed by atoms with Gasteiger partial charge in [0, 0.05) is 0 Å². The normalized spacial score (nSPS) is 14.8. The van der Waals surface area contributed by atoms with Crippen molar-refractivity contribution in [2.45, 2.75) is 53.1 Å². The van der Waals surface area contributed by atoms with Gasteiger partial charge in [-0.15, -0.1) is 0 Å². The van der Waals surface area contributed by atoms with Crippen molar-refractivity contribution >= 4 is 0 Å². The first-order chi connectivity index (χ1) is 7.56. The van der Waals surface area contributed by atoms with Gasteiger partial charge < -0.3 is 5.11 Å². The average Bonchev–Trinajstić information content (AvgIpc) is 2.22. The molecule has 1 heteroatoms. The summed E-state index contributed by atoms with van der Waals surface area (Å²) in [6.07, 6.45) is 2.96. The predicted molar refractivity (Wildman–Crippen MR) is 69.6 cm³/mol. The molecule has 2 unspecified atom stereocenters. The Morgan fingerprint density at radius 3 is 2.56 bits per heavy atom. The number of rotatable bonds is 5. The summed E-state index contributed by atoms with van der Waals surface area (Å²) >= 11 is 0. The lowest BCUT2D eigenvalue weighted by molar-refractivity contribution is 0.144. The van der Waals surface area contributed by atoms with Gasteiger partial charge in [-0.2, -0.15) is 0 Å². The Morgan fingerprint density at radius 2 is 1.94 bits per heavy atom.